The van der Waals surface area contributed by atoms with Crippen LogP contribution >= 0.6 is 0 Å². The first-order chi connectivity index (χ1) is 8.72. The van der Waals surface area contributed by atoms with E-state index >= 15 is 0 Å². The van der Waals surface area contributed by atoms with Crippen molar-refractivity contribution in [3.8, 4) is 6.07 Å². The Balaban J connectivity index is 2.38. The summed E-state index contributed by atoms with van der Waals surface area (Å²) >= 11 is 0. The van der Waals surface area contributed by atoms with Crippen LogP contribution in [0.4, 0.5) is 11.4 Å². The summed E-state index contributed by atoms with van der Waals surface area (Å²) in [5.41, 5.74) is 3.60. The lowest BCUT2D eigenvalue weighted by atomic mass is 10.0. The molecule has 0 saturated heterocycles. The maximum absolute atomic E-state index is 9.06. The van der Waals surface area contributed by atoms with Gasteiger partial charge in [-0.25, -0.2) is 0 Å². The van der Waals surface area contributed by atoms with Crippen molar-refractivity contribution in [3.05, 3.63) is 53.9 Å². The van der Waals surface area contributed by atoms with Crippen LogP contribution in [0.15, 0.2) is 42.7 Å². The average molecular weight is 237 g/mol. The van der Waals surface area contributed by atoms with Crippen LogP contribution in [0.2, 0.25) is 0 Å². The minimum atomic E-state index is 0.427. The summed E-state index contributed by atoms with van der Waals surface area (Å²) in [6, 6.07) is 12.0. The molecule has 0 bridgehead atoms. The van der Waals surface area contributed by atoms with E-state index in [1.54, 1.807) is 18.5 Å². The Morgan fingerprint density at radius 2 is 1.94 bits per heavy atom. The summed E-state index contributed by atoms with van der Waals surface area (Å²) in [7, 11) is 0. The molecule has 2 aromatic rings. The topological polar surface area (TPSA) is 48.7 Å². The zero-order valence-electron chi connectivity index (χ0n) is 10.5. The molecular formula is C15H15N3. The minimum absolute atomic E-state index is 0.427. The molecule has 2 rings (SSSR count). The second kappa shape index (κ2) is 5.33. The van der Waals surface area contributed by atoms with E-state index in [0.29, 0.717) is 11.5 Å². The van der Waals surface area contributed by atoms with E-state index in [1.807, 2.05) is 18.2 Å². The van der Waals surface area contributed by atoms with Crippen molar-refractivity contribution in [1.82, 2.24) is 4.98 Å². The number of rotatable bonds is 3. The van der Waals surface area contributed by atoms with Crippen LogP contribution in [0.3, 0.4) is 0 Å². The Hall–Kier alpha value is -2.34. The van der Waals surface area contributed by atoms with E-state index in [1.165, 1.54) is 5.56 Å². The normalized spacial score (nSPS) is 10.1. The molecule has 0 atom stereocenters. The van der Waals surface area contributed by atoms with E-state index in [-0.39, 0.29) is 0 Å². The Kier molecular flexibility index (Phi) is 3.59. The smallest absolute Gasteiger partial charge is 0.101 e. The molecule has 0 aliphatic carbocycles. The lowest BCUT2D eigenvalue weighted by Crippen LogP contribution is -1.99. The maximum atomic E-state index is 9.06. The molecule has 0 fully saturated rings. The number of nitriles is 1. The third kappa shape index (κ3) is 2.49. The number of hydrogen-bond acceptors (Lipinski definition) is 3. The number of hydrogen-bond donors (Lipinski definition) is 1. The molecule has 1 aromatic heterocycles. The third-order valence-electron chi connectivity index (χ3n) is 2.79. The molecule has 1 N–H and O–H groups in total. The van der Waals surface area contributed by atoms with E-state index in [0.717, 1.165) is 11.4 Å². The highest BCUT2D eigenvalue weighted by molar-refractivity contribution is 5.68. The van der Waals surface area contributed by atoms with Gasteiger partial charge in [-0.05, 0) is 23.6 Å². The highest BCUT2D eigenvalue weighted by Crippen LogP contribution is 2.27. The molecule has 0 unspecified atom stereocenters. The van der Waals surface area contributed by atoms with Gasteiger partial charge in [0, 0.05) is 11.9 Å². The van der Waals surface area contributed by atoms with E-state index in [9.17, 15) is 0 Å². The lowest BCUT2D eigenvalue weighted by Gasteiger charge is -2.14. The monoisotopic (exact) mass is 237 g/mol. The van der Waals surface area contributed by atoms with Crippen molar-refractivity contribution in [2.75, 3.05) is 5.32 Å². The number of anilines is 2. The van der Waals surface area contributed by atoms with Crippen molar-refractivity contribution < 1.29 is 0 Å². The predicted molar refractivity (Wildman–Crippen MR) is 72.8 cm³/mol. The second-order valence-corrected chi connectivity index (χ2v) is 4.40. The van der Waals surface area contributed by atoms with Gasteiger partial charge in [-0.15, -0.1) is 0 Å². The largest absolute Gasteiger partial charge is 0.353 e. The first-order valence-corrected chi connectivity index (χ1v) is 5.92. The number of nitrogens with zero attached hydrogens (tertiary/aromatic N) is 2. The Morgan fingerprint density at radius 3 is 2.67 bits per heavy atom. The van der Waals surface area contributed by atoms with Gasteiger partial charge in [-0.1, -0.05) is 32.0 Å². The van der Waals surface area contributed by atoms with Gasteiger partial charge >= 0.3 is 0 Å². The molecular weight excluding hydrogens is 222 g/mol. The number of pyridine rings is 1. The van der Waals surface area contributed by atoms with Crippen LogP contribution < -0.4 is 5.32 Å². The molecule has 18 heavy (non-hydrogen) atoms. The summed E-state index contributed by atoms with van der Waals surface area (Å²) in [6.45, 7) is 4.30. The van der Waals surface area contributed by atoms with Gasteiger partial charge in [0.25, 0.3) is 0 Å². The summed E-state index contributed by atoms with van der Waals surface area (Å²) in [5, 5.41) is 12.3. The summed E-state index contributed by atoms with van der Waals surface area (Å²) < 4.78 is 0. The molecule has 0 radical (unpaired) electrons. The van der Waals surface area contributed by atoms with E-state index in [4.69, 9.17) is 5.26 Å². The van der Waals surface area contributed by atoms with Gasteiger partial charge in [0.1, 0.15) is 6.07 Å². The number of nitrogens with one attached hydrogen (secondary N) is 1. The summed E-state index contributed by atoms with van der Waals surface area (Å²) in [4.78, 5) is 4.05. The zero-order chi connectivity index (χ0) is 13.0. The van der Waals surface area contributed by atoms with Gasteiger partial charge in [-0.3, -0.25) is 4.98 Å². The SMILES string of the molecule is CC(C)c1ccccc1Nc1cnccc1C#N. The molecule has 0 spiro atoms. The molecule has 0 aliphatic heterocycles. The van der Waals surface area contributed by atoms with Crippen LogP contribution in [0.25, 0.3) is 0 Å². The van der Waals surface area contributed by atoms with Crippen molar-refractivity contribution in [2.45, 2.75) is 19.8 Å². The first-order valence-electron chi connectivity index (χ1n) is 5.92. The van der Waals surface area contributed by atoms with E-state index in [2.05, 4.69) is 36.3 Å². The highest BCUT2D eigenvalue weighted by atomic mass is 14.9. The molecule has 0 saturated carbocycles. The molecule has 90 valence electrons. The van der Waals surface area contributed by atoms with Crippen molar-refractivity contribution in [3.63, 3.8) is 0 Å². The Labute approximate surface area is 107 Å². The van der Waals surface area contributed by atoms with Crippen LogP contribution in [0.1, 0.15) is 30.9 Å². The lowest BCUT2D eigenvalue weighted by molar-refractivity contribution is 0.869. The first kappa shape index (κ1) is 12.1. The standard InChI is InChI=1S/C15H15N3/c1-11(2)13-5-3-4-6-14(13)18-15-10-17-8-7-12(15)9-16/h3-8,10-11,18H,1-2H3. The fraction of sp³-hybridized carbons (Fsp3) is 0.200. The fourth-order valence-electron chi connectivity index (χ4n) is 1.85. The quantitative estimate of drug-likeness (QED) is 0.882. The van der Waals surface area contributed by atoms with Crippen molar-refractivity contribution in [2.24, 2.45) is 0 Å². The molecule has 1 aromatic carbocycles. The summed E-state index contributed by atoms with van der Waals surface area (Å²) in [5.74, 6) is 0.427. The molecule has 1 heterocycles. The molecule has 3 nitrogen and oxygen atoms in total. The van der Waals surface area contributed by atoms with Gasteiger partial charge in [0.2, 0.25) is 0 Å². The number of para-hydroxylation sites is 1. The van der Waals surface area contributed by atoms with Gasteiger partial charge in [0.15, 0.2) is 0 Å². The zero-order valence-corrected chi connectivity index (χ0v) is 10.5. The highest BCUT2D eigenvalue weighted by Gasteiger charge is 2.08. The third-order valence-corrected chi connectivity index (χ3v) is 2.79. The molecule has 3 heteroatoms. The van der Waals surface area contributed by atoms with Crippen LogP contribution in [-0.4, -0.2) is 4.98 Å². The van der Waals surface area contributed by atoms with Crippen molar-refractivity contribution in [1.29, 1.82) is 5.26 Å². The predicted octanol–water partition coefficient (Wildman–Crippen LogP) is 3.82. The number of aromatic nitrogens is 1. The molecule has 0 amide bonds. The summed E-state index contributed by atoms with van der Waals surface area (Å²) in [6.07, 6.45) is 3.30. The van der Waals surface area contributed by atoms with Crippen molar-refractivity contribution >= 4 is 11.4 Å². The Morgan fingerprint density at radius 1 is 1.17 bits per heavy atom. The number of benzene rings is 1. The van der Waals surface area contributed by atoms with E-state index < -0.39 is 0 Å². The van der Waals surface area contributed by atoms with Gasteiger partial charge in [0.05, 0.1) is 17.4 Å². The molecule has 0 aliphatic rings. The van der Waals surface area contributed by atoms with Gasteiger partial charge < -0.3 is 5.32 Å². The fourth-order valence-corrected chi connectivity index (χ4v) is 1.85. The minimum Gasteiger partial charge on any atom is -0.353 e. The Bertz CT molecular complexity index is 582. The van der Waals surface area contributed by atoms with Crippen LogP contribution in [0.5, 0.6) is 0 Å². The van der Waals surface area contributed by atoms with Gasteiger partial charge in [-0.2, -0.15) is 5.26 Å². The average Bonchev–Trinajstić information content (AvgIpc) is 2.40. The second-order valence-electron chi connectivity index (χ2n) is 4.40. The van der Waals surface area contributed by atoms with Crippen LogP contribution in [0, 0.1) is 11.3 Å². The van der Waals surface area contributed by atoms with Crippen LogP contribution in [-0.2, 0) is 0 Å². The maximum Gasteiger partial charge on any atom is 0.101 e.